The van der Waals surface area contributed by atoms with Gasteiger partial charge in [-0.15, -0.1) is 0 Å². The molecule has 2 aromatic rings. The molecule has 4 heteroatoms. The van der Waals surface area contributed by atoms with Crippen LogP contribution >= 0.6 is 0 Å². The first-order valence-electron chi connectivity index (χ1n) is 8.29. The average Bonchev–Trinajstić information content (AvgIpc) is 3.36. The van der Waals surface area contributed by atoms with Crippen molar-refractivity contribution >= 4 is 23.2 Å². The van der Waals surface area contributed by atoms with Crippen molar-refractivity contribution in [1.82, 2.24) is 0 Å². The highest BCUT2D eigenvalue weighted by atomic mass is 16.2. The second-order valence-electron chi connectivity index (χ2n) is 6.32. The first-order valence-corrected chi connectivity index (χ1v) is 8.29. The summed E-state index contributed by atoms with van der Waals surface area (Å²) in [6.45, 7) is 3.60. The molecule has 0 bridgehead atoms. The third kappa shape index (κ3) is 3.82. The fraction of sp³-hybridized carbons (Fsp3) is 0.300. The van der Waals surface area contributed by atoms with Gasteiger partial charge < -0.3 is 10.2 Å². The van der Waals surface area contributed by atoms with Gasteiger partial charge in [0.1, 0.15) is 0 Å². The summed E-state index contributed by atoms with van der Waals surface area (Å²) in [4.78, 5) is 25.8. The van der Waals surface area contributed by atoms with Crippen LogP contribution < -0.4 is 10.2 Å². The Kier molecular flexibility index (Phi) is 4.65. The molecule has 2 aromatic carbocycles. The number of nitrogens with one attached hydrogen (secondary N) is 1. The predicted molar refractivity (Wildman–Crippen MR) is 96.1 cm³/mol. The quantitative estimate of drug-likeness (QED) is 0.912. The highest BCUT2D eigenvalue weighted by Crippen LogP contribution is 2.32. The first-order chi connectivity index (χ1) is 11.5. The van der Waals surface area contributed by atoms with E-state index < -0.39 is 0 Å². The highest BCUT2D eigenvalue weighted by molar-refractivity contribution is 5.94. The number of carbonyl (C=O) groups is 2. The van der Waals surface area contributed by atoms with E-state index in [2.05, 4.69) is 5.32 Å². The van der Waals surface area contributed by atoms with Crippen molar-refractivity contribution < 1.29 is 9.59 Å². The topological polar surface area (TPSA) is 49.4 Å². The molecule has 0 unspecified atom stereocenters. The zero-order valence-corrected chi connectivity index (χ0v) is 14.1. The van der Waals surface area contributed by atoms with Gasteiger partial charge in [-0.2, -0.15) is 0 Å². The van der Waals surface area contributed by atoms with Gasteiger partial charge in [-0.1, -0.05) is 24.3 Å². The summed E-state index contributed by atoms with van der Waals surface area (Å²) in [5.41, 5.74) is 3.78. The smallest absolute Gasteiger partial charge is 0.228 e. The number of anilines is 2. The number of amides is 2. The maximum absolute atomic E-state index is 12.2. The van der Waals surface area contributed by atoms with E-state index in [0.717, 1.165) is 35.3 Å². The van der Waals surface area contributed by atoms with E-state index in [1.807, 2.05) is 60.4 Å². The summed E-state index contributed by atoms with van der Waals surface area (Å²) < 4.78 is 0. The first kappa shape index (κ1) is 16.2. The molecule has 0 saturated heterocycles. The van der Waals surface area contributed by atoms with Crippen LogP contribution in [0.15, 0.2) is 48.5 Å². The molecule has 0 radical (unpaired) electrons. The van der Waals surface area contributed by atoms with Gasteiger partial charge >= 0.3 is 0 Å². The largest absolute Gasteiger partial charge is 0.326 e. The number of rotatable bonds is 5. The normalized spacial score (nSPS) is 13.4. The van der Waals surface area contributed by atoms with Crippen LogP contribution in [0.3, 0.4) is 0 Å². The summed E-state index contributed by atoms with van der Waals surface area (Å²) in [5.74, 6) is 0.0245. The highest BCUT2D eigenvalue weighted by Gasteiger charge is 2.31. The number of hydrogen-bond donors (Lipinski definition) is 1. The maximum atomic E-state index is 12.2. The molecule has 0 heterocycles. The molecule has 4 nitrogen and oxygen atoms in total. The van der Waals surface area contributed by atoms with Gasteiger partial charge in [0.2, 0.25) is 11.8 Å². The molecule has 1 saturated carbocycles. The minimum absolute atomic E-state index is 0.0392. The SMILES string of the molecule is CC(=O)N(c1ccc(NC(=O)Cc2ccccc2C)cc1)C1CC1. The summed E-state index contributed by atoms with van der Waals surface area (Å²) in [7, 11) is 0. The van der Waals surface area contributed by atoms with Crippen molar-refractivity contribution in [1.29, 1.82) is 0 Å². The summed E-state index contributed by atoms with van der Waals surface area (Å²) in [6, 6.07) is 15.7. The second kappa shape index (κ2) is 6.87. The zero-order chi connectivity index (χ0) is 17.1. The van der Waals surface area contributed by atoms with Gasteiger partial charge in [-0.25, -0.2) is 0 Å². The molecule has 1 aliphatic rings. The van der Waals surface area contributed by atoms with Crippen molar-refractivity contribution in [3.8, 4) is 0 Å². The van der Waals surface area contributed by atoms with E-state index in [0.29, 0.717) is 12.5 Å². The van der Waals surface area contributed by atoms with E-state index >= 15 is 0 Å². The number of benzene rings is 2. The lowest BCUT2D eigenvalue weighted by Gasteiger charge is -2.21. The summed E-state index contributed by atoms with van der Waals surface area (Å²) in [6.07, 6.45) is 2.49. The lowest BCUT2D eigenvalue weighted by molar-refractivity contribution is -0.117. The Morgan fingerprint density at radius 3 is 2.33 bits per heavy atom. The lowest BCUT2D eigenvalue weighted by Crippen LogP contribution is -2.30. The molecule has 0 spiro atoms. The lowest BCUT2D eigenvalue weighted by atomic mass is 10.1. The number of carbonyl (C=O) groups excluding carboxylic acids is 2. The van der Waals surface area contributed by atoms with Crippen molar-refractivity contribution in [3.05, 3.63) is 59.7 Å². The minimum Gasteiger partial charge on any atom is -0.326 e. The van der Waals surface area contributed by atoms with Crippen LogP contribution in [-0.4, -0.2) is 17.9 Å². The molecule has 0 aromatic heterocycles. The third-order valence-corrected chi connectivity index (χ3v) is 4.29. The predicted octanol–water partition coefficient (Wildman–Crippen LogP) is 3.69. The van der Waals surface area contributed by atoms with Gasteiger partial charge in [0, 0.05) is 24.3 Å². The van der Waals surface area contributed by atoms with Gasteiger partial charge in [-0.05, 0) is 55.2 Å². The van der Waals surface area contributed by atoms with Crippen LogP contribution in [0.25, 0.3) is 0 Å². The van der Waals surface area contributed by atoms with Crippen LogP contribution in [0.1, 0.15) is 30.9 Å². The standard InChI is InChI=1S/C20H22N2O2/c1-14-5-3-4-6-16(14)13-20(24)21-17-7-9-18(10-8-17)22(15(2)23)19-11-12-19/h3-10,19H,11-13H2,1-2H3,(H,21,24). The fourth-order valence-electron chi connectivity index (χ4n) is 2.87. The molecule has 1 N–H and O–H groups in total. The van der Waals surface area contributed by atoms with Crippen molar-refractivity contribution in [2.45, 2.75) is 39.2 Å². The minimum atomic E-state index is -0.0392. The Balaban J connectivity index is 1.64. The average molecular weight is 322 g/mol. The number of aryl methyl sites for hydroxylation is 1. The van der Waals surface area contributed by atoms with E-state index in [1.165, 1.54) is 0 Å². The Labute approximate surface area is 142 Å². The van der Waals surface area contributed by atoms with Crippen LogP contribution in [0.4, 0.5) is 11.4 Å². The summed E-state index contributed by atoms with van der Waals surface area (Å²) in [5, 5.41) is 2.92. The van der Waals surface area contributed by atoms with Crippen molar-refractivity contribution in [3.63, 3.8) is 0 Å². The van der Waals surface area contributed by atoms with E-state index in [9.17, 15) is 9.59 Å². The molecular formula is C20H22N2O2. The number of nitrogens with zero attached hydrogens (tertiary/aromatic N) is 1. The van der Waals surface area contributed by atoms with E-state index in [-0.39, 0.29) is 11.8 Å². The molecule has 24 heavy (non-hydrogen) atoms. The van der Waals surface area contributed by atoms with Crippen LogP contribution in [0, 0.1) is 6.92 Å². The van der Waals surface area contributed by atoms with Gasteiger partial charge in [0.25, 0.3) is 0 Å². The van der Waals surface area contributed by atoms with Gasteiger partial charge in [0.15, 0.2) is 0 Å². The van der Waals surface area contributed by atoms with Crippen molar-refractivity contribution in [2.24, 2.45) is 0 Å². The molecule has 1 aliphatic carbocycles. The van der Waals surface area contributed by atoms with Crippen LogP contribution in [0.2, 0.25) is 0 Å². The van der Waals surface area contributed by atoms with Crippen molar-refractivity contribution in [2.75, 3.05) is 10.2 Å². The molecule has 124 valence electrons. The second-order valence-corrected chi connectivity index (χ2v) is 6.32. The Morgan fingerprint density at radius 2 is 1.75 bits per heavy atom. The molecule has 0 aliphatic heterocycles. The molecule has 1 fully saturated rings. The zero-order valence-electron chi connectivity index (χ0n) is 14.1. The van der Waals surface area contributed by atoms with E-state index in [4.69, 9.17) is 0 Å². The van der Waals surface area contributed by atoms with Crippen LogP contribution in [0.5, 0.6) is 0 Å². The Hall–Kier alpha value is -2.62. The fourth-order valence-corrected chi connectivity index (χ4v) is 2.87. The molecule has 0 atom stereocenters. The maximum Gasteiger partial charge on any atom is 0.228 e. The summed E-state index contributed by atoms with van der Waals surface area (Å²) >= 11 is 0. The third-order valence-electron chi connectivity index (χ3n) is 4.29. The van der Waals surface area contributed by atoms with Gasteiger partial charge in [-0.3, -0.25) is 9.59 Å². The molecular weight excluding hydrogens is 300 g/mol. The Bertz CT molecular complexity index is 748. The van der Waals surface area contributed by atoms with Crippen LogP contribution in [-0.2, 0) is 16.0 Å². The molecule has 3 rings (SSSR count). The Morgan fingerprint density at radius 1 is 1.08 bits per heavy atom. The number of hydrogen-bond acceptors (Lipinski definition) is 2. The van der Waals surface area contributed by atoms with Gasteiger partial charge in [0.05, 0.1) is 6.42 Å². The monoisotopic (exact) mass is 322 g/mol. The molecule has 2 amide bonds. The van der Waals surface area contributed by atoms with E-state index in [1.54, 1.807) is 6.92 Å².